The normalized spacial score (nSPS) is 14.2. The van der Waals surface area contributed by atoms with E-state index >= 15 is 0 Å². The maximum Gasteiger partial charge on any atom is 0.119 e. The molecule has 0 radical (unpaired) electrons. The van der Waals surface area contributed by atoms with Crippen molar-refractivity contribution in [2.75, 3.05) is 26.7 Å². The van der Waals surface area contributed by atoms with E-state index in [1.54, 1.807) is 7.11 Å². The van der Waals surface area contributed by atoms with E-state index in [0.717, 1.165) is 31.8 Å². The van der Waals surface area contributed by atoms with Gasteiger partial charge in [-0.15, -0.1) is 0 Å². The van der Waals surface area contributed by atoms with Crippen molar-refractivity contribution >= 4 is 0 Å². The van der Waals surface area contributed by atoms with Gasteiger partial charge in [0.15, 0.2) is 0 Å². The Morgan fingerprint density at radius 2 is 2.00 bits per heavy atom. The minimum atomic E-state index is 0.356. The van der Waals surface area contributed by atoms with E-state index in [1.807, 2.05) is 6.07 Å². The zero-order chi connectivity index (χ0) is 15.7. The number of ether oxygens (including phenoxy) is 1. The van der Waals surface area contributed by atoms with E-state index in [9.17, 15) is 0 Å². The maximum atomic E-state index is 5.37. The number of nitrogens with one attached hydrogen (secondary N) is 1. The molecule has 0 aliphatic carbocycles. The predicted molar refractivity (Wildman–Crippen MR) is 91.0 cm³/mol. The van der Waals surface area contributed by atoms with E-state index in [1.165, 1.54) is 12.0 Å². The third-order valence-corrected chi connectivity index (χ3v) is 4.17. The van der Waals surface area contributed by atoms with E-state index in [2.05, 4.69) is 56.1 Å². The molecule has 0 amide bonds. The number of methoxy groups -OCH3 is 1. The number of likely N-dealkylation sites (N-methyl/N-ethyl adjacent to an activating group) is 1. The highest BCUT2D eigenvalue weighted by Crippen LogP contribution is 2.21. The van der Waals surface area contributed by atoms with Crippen molar-refractivity contribution in [3.05, 3.63) is 29.8 Å². The van der Waals surface area contributed by atoms with Crippen LogP contribution < -0.4 is 10.1 Å². The molecule has 0 fully saturated rings. The minimum Gasteiger partial charge on any atom is -0.497 e. The van der Waals surface area contributed by atoms with Crippen LogP contribution in [0.25, 0.3) is 0 Å². The van der Waals surface area contributed by atoms with Crippen LogP contribution in [0.5, 0.6) is 5.75 Å². The summed E-state index contributed by atoms with van der Waals surface area (Å²) < 4.78 is 5.37. The fourth-order valence-electron chi connectivity index (χ4n) is 2.58. The Morgan fingerprint density at radius 1 is 1.24 bits per heavy atom. The molecule has 0 aliphatic rings. The molecule has 0 aromatic heterocycles. The van der Waals surface area contributed by atoms with Gasteiger partial charge in [-0.2, -0.15) is 0 Å². The molecule has 0 heterocycles. The second-order valence-corrected chi connectivity index (χ2v) is 5.63. The predicted octanol–water partition coefficient (Wildman–Crippen LogP) is 3.86. The Hall–Kier alpha value is -1.06. The second kappa shape index (κ2) is 9.80. The molecule has 2 atom stereocenters. The van der Waals surface area contributed by atoms with Crippen molar-refractivity contribution in [2.45, 2.75) is 52.6 Å². The monoisotopic (exact) mass is 292 g/mol. The Labute approximate surface area is 130 Å². The summed E-state index contributed by atoms with van der Waals surface area (Å²) in [5.74, 6) is 0.933. The molecule has 21 heavy (non-hydrogen) atoms. The van der Waals surface area contributed by atoms with E-state index in [-0.39, 0.29) is 0 Å². The van der Waals surface area contributed by atoms with Crippen molar-refractivity contribution in [1.82, 2.24) is 10.2 Å². The first-order valence-corrected chi connectivity index (χ1v) is 8.27. The summed E-state index contributed by atoms with van der Waals surface area (Å²) >= 11 is 0. The molecule has 3 heteroatoms. The third-order valence-electron chi connectivity index (χ3n) is 4.17. The van der Waals surface area contributed by atoms with Gasteiger partial charge in [-0.25, -0.2) is 0 Å². The molecular weight excluding hydrogens is 260 g/mol. The van der Waals surface area contributed by atoms with Gasteiger partial charge in [-0.3, -0.25) is 4.90 Å². The fraction of sp³-hybridized carbons (Fsp3) is 0.667. The van der Waals surface area contributed by atoms with Gasteiger partial charge >= 0.3 is 0 Å². The van der Waals surface area contributed by atoms with Gasteiger partial charge in [0.05, 0.1) is 7.11 Å². The van der Waals surface area contributed by atoms with Crippen LogP contribution in [0.2, 0.25) is 0 Å². The standard InChI is InChI=1S/C18H32N2O/c1-6-12-19-18(14-20(8-3)15(4)7-2)16-10-9-11-17(13-16)21-5/h9-11,13,15,18-19H,6-8,12,14H2,1-5H3. The minimum absolute atomic E-state index is 0.356. The lowest BCUT2D eigenvalue weighted by Gasteiger charge is -2.32. The molecule has 2 unspecified atom stereocenters. The lowest BCUT2D eigenvalue weighted by Crippen LogP contribution is -2.40. The molecule has 0 aliphatic heterocycles. The number of benzene rings is 1. The van der Waals surface area contributed by atoms with E-state index in [0.29, 0.717) is 12.1 Å². The van der Waals surface area contributed by atoms with Gasteiger partial charge in [0, 0.05) is 18.6 Å². The van der Waals surface area contributed by atoms with Gasteiger partial charge in [-0.1, -0.05) is 32.9 Å². The van der Waals surface area contributed by atoms with E-state index < -0.39 is 0 Å². The Balaban J connectivity index is 2.87. The van der Waals surface area contributed by atoms with Crippen LogP contribution in [0.15, 0.2) is 24.3 Å². The fourth-order valence-corrected chi connectivity index (χ4v) is 2.58. The maximum absolute atomic E-state index is 5.37. The van der Waals surface area contributed by atoms with Crippen molar-refractivity contribution < 1.29 is 4.74 Å². The summed E-state index contributed by atoms with van der Waals surface area (Å²) in [5.41, 5.74) is 1.31. The lowest BCUT2D eigenvalue weighted by atomic mass is 10.0. The molecule has 3 nitrogen and oxygen atoms in total. The average Bonchev–Trinajstić information content (AvgIpc) is 2.54. The Kier molecular flexibility index (Phi) is 8.40. The van der Waals surface area contributed by atoms with Gasteiger partial charge in [0.1, 0.15) is 5.75 Å². The topological polar surface area (TPSA) is 24.5 Å². The van der Waals surface area contributed by atoms with Gasteiger partial charge in [-0.05, 0) is 50.6 Å². The van der Waals surface area contributed by atoms with Gasteiger partial charge in [0.25, 0.3) is 0 Å². The molecule has 0 saturated carbocycles. The quantitative estimate of drug-likeness (QED) is 0.709. The molecule has 0 spiro atoms. The van der Waals surface area contributed by atoms with Crippen molar-refractivity contribution in [2.24, 2.45) is 0 Å². The van der Waals surface area contributed by atoms with Crippen molar-refractivity contribution in [1.29, 1.82) is 0 Å². The molecule has 1 aromatic rings. The Morgan fingerprint density at radius 3 is 2.57 bits per heavy atom. The molecule has 1 N–H and O–H groups in total. The summed E-state index contributed by atoms with van der Waals surface area (Å²) in [6.45, 7) is 12.2. The van der Waals surface area contributed by atoms with Crippen LogP contribution in [0.3, 0.4) is 0 Å². The van der Waals surface area contributed by atoms with Crippen LogP contribution in [0.1, 0.15) is 52.1 Å². The molecular formula is C18H32N2O. The van der Waals surface area contributed by atoms with Crippen LogP contribution in [-0.2, 0) is 0 Å². The molecule has 120 valence electrons. The average molecular weight is 292 g/mol. The first-order chi connectivity index (χ1) is 10.2. The molecule has 0 bridgehead atoms. The summed E-state index contributed by atoms with van der Waals surface area (Å²) in [4.78, 5) is 2.55. The van der Waals surface area contributed by atoms with Crippen LogP contribution >= 0.6 is 0 Å². The third kappa shape index (κ3) is 5.68. The summed E-state index contributed by atoms with van der Waals surface area (Å²) in [6.07, 6.45) is 2.34. The highest BCUT2D eigenvalue weighted by atomic mass is 16.5. The lowest BCUT2D eigenvalue weighted by molar-refractivity contribution is 0.191. The van der Waals surface area contributed by atoms with Crippen molar-refractivity contribution in [3.8, 4) is 5.75 Å². The first kappa shape index (κ1) is 18.0. The number of hydrogen-bond donors (Lipinski definition) is 1. The largest absolute Gasteiger partial charge is 0.497 e. The number of hydrogen-bond acceptors (Lipinski definition) is 3. The van der Waals surface area contributed by atoms with Gasteiger partial charge in [0.2, 0.25) is 0 Å². The van der Waals surface area contributed by atoms with Crippen molar-refractivity contribution in [3.63, 3.8) is 0 Å². The van der Waals surface area contributed by atoms with Crippen LogP contribution in [0.4, 0.5) is 0 Å². The SMILES string of the molecule is CCCNC(CN(CC)C(C)CC)c1cccc(OC)c1. The van der Waals surface area contributed by atoms with E-state index in [4.69, 9.17) is 4.74 Å². The first-order valence-electron chi connectivity index (χ1n) is 8.27. The summed E-state index contributed by atoms with van der Waals surface area (Å²) in [5, 5.41) is 3.68. The van der Waals surface area contributed by atoms with Crippen LogP contribution in [0, 0.1) is 0 Å². The zero-order valence-electron chi connectivity index (χ0n) is 14.4. The molecule has 0 saturated heterocycles. The summed E-state index contributed by atoms with van der Waals surface area (Å²) in [7, 11) is 1.73. The number of rotatable bonds is 10. The van der Waals surface area contributed by atoms with Gasteiger partial charge < -0.3 is 10.1 Å². The highest BCUT2D eigenvalue weighted by Gasteiger charge is 2.18. The second-order valence-electron chi connectivity index (χ2n) is 5.63. The zero-order valence-corrected chi connectivity index (χ0v) is 14.4. The number of nitrogens with zero attached hydrogens (tertiary/aromatic N) is 1. The molecule has 1 rings (SSSR count). The Bertz CT molecular complexity index is 395. The highest BCUT2D eigenvalue weighted by molar-refractivity contribution is 5.30. The smallest absolute Gasteiger partial charge is 0.119 e. The molecule has 1 aromatic carbocycles. The van der Waals surface area contributed by atoms with Crippen LogP contribution in [-0.4, -0.2) is 37.7 Å². The summed E-state index contributed by atoms with van der Waals surface area (Å²) in [6, 6.07) is 9.40.